The Morgan fingerprint density at radius 3 is 2.50 bits per heavy atom. The number of nitrogens with one attached hydrogen (secondary N) is 1. The minimum atomic E-state index is 0.528. The Bertz CT molecular complexity index is 428. The van der Waals surface area contributed by atoms with Crippen molar-refractivity contribution in [2.75, 3.05) is 27.4 Å². The van der Waals surface area contributed by atoms with Crippen LogP contribution in [0, 0.1) is 0 Å². The van der Waals surface area contributed by atoms with Crippen LogP contribution >= 0.6 is 0 Å². The van der Waals surface area contributed by atoms with Crippen LogP contribution in [0.4, 0.5) is 0 Å². The van der Waals surface area contributed by atoms with Crippen LogP contribution in [0.2, 0.25) is 0 Å². The zero-order valence-corrected chi connectivity index (χ0v) is 12.7. The molecule has 1 saturated heterocycles. The van der Waals surface area contributed by atoms with Crippen molar-refractivity contribution in [1.82, 2.24) is 5.32 Å². The molecule has 2 rings (SSSR count). The van der Waals surface area contributed by atoms with Gasteiger partial charge in [-0.1, -0.05) is 6.42 Å². The van der Waals surface area contributed by atoms with E-state index < -0.39 is 0 Å². The third-order valence-corrected chi connectivity index (χ3v) is 3.75. The van der Waals surface area contributed by atoms with E-state index in [-0.39, 0.29) is 0 Å². The van der Waals surface area contributed by atoms with Crippen LogP contribution in [0.1, 0.15) is 31.7 Å². The van der Waals surface area contributed by atoms with Crippen molar-refractivity contribution >= 4 is 0 Å². The van der Waals surface area contributed by atoms with Gasteiger partial charge in [-0.3, -0.25) is 0 Å². The molecule has 1 N–H and O–H groups in total. The fraction of sp³-hybridized carbons (Fsp3) is 0.625. The van der Waals surface area contributed by atoms with Crippen molar-refractivity contribution in [1.29, 1.82) is 0 Å². The van der Waals surface area contributed by atoms with Gasteiger partial charge < -0.3 is 19.5 Å². The summed E-state index contributed by atoms with van der Waals surface area (Å²) in [5, 5.41) is 3.57. The standard InChI is InChI=1S/C16H25NO3/c1-4-20-16-10-12(9-13-7-5-6-8-17-13)14(18-2)11-15(16)19-3/h10-11,13,17H,4-9H2,1-3H3. The zero-order valence-electron chi connectivity index (χ0n) is 12.7. The number of methoxy groups -OCH3 is 2. The van der Waals surface area contributed by atoms with Crippen LogP contribution in [-0.4, -0.2) is 33.4 Å². The van der Waals surface area contributed by atoms with Crippen molar-refractivity contribution < 1.29 is 14.2 Å². The molecule has 1 unspecified atom stereocenters. The minimum absolute atomic E-state index is 0.528. The molecule has 4 nitrogen and oxygen atoms in total. The number of hydrogen-bond donors (Lipinski definition) is 1. The van der Waals surface area contributed by atoms with E-state index in [9.17, 15) is 0 Å². The summed E-state index contributed by atoms with van der Waals surface area (Å²) in [6, 6.07) is 4.50. The van der Waals surface area contributed by atoms with Gasteiger partial charge in [0.1, 0.15) is 5.75 Å². The highest BCUT2D eigenvalue weighted by atomic mass is 16.5. The third-order valence-electron chi connectivity index (χ3n) is 3.75. The molecule has 0 aromatic heterocycles. The summed E-state index contributed by atoms with van der Waals surface area (Å²) in [4.78, 5) is 0. The normalized spacial score (nSPS) is 18.6. The smallest absolute Gasteiger partial charge is 0.164 e. The van der Waals surface area contributed by atoms with E-state index in [0.29, 0.717) is 12.6 Å². The van der Waals surface area contributed by atoms with Crippen LogP contribution in [0.25, 0.3) is 0 Å². The molecule has 0 spiro atoms. The van der Waals surface area contributed by atoms with Crippen molar-refractivity contribution in [2.24, 2.45) is 0 Å². The van der Waals surface area contributed by atoms with Crippen LogP contribution < -0.4 is 19.5 Å². The lowest BCUT2D eigenvalue weighted by Crippen LogP contribution is -2.35. The average Bonchev–Trinajstić information content (AvgIpc) is 2.49. The lowest BCUT2D eigenvalue weighted by Gasteiger charge is -2.24. The maximum absolute atomic E-state index is 5.66. The average molecular weight is 279 g/mol. The first-order valence-corrected chi connectivity index (χ1v) is 7.39. The van der Waals surface area contributed by atoms with E-state index in [1.54, 1.807) is 14.2 Å². The Hall–Kier alpha value is -1.42. The number of rotatable bonds is 6. The lowest BCUT2D eigenvalue weighted by atomic mass is 9.97. The van der Waals surface area contributed by atoms with Crippen molar-refractivity contribution in [3.05, 3.63) is 17.7 Å². The molecule has 0 saturated carbocycles. The second-order valence-corrected chi connectivity index (χ2v) is 5.10. The van der Waals surface area contributed by atoms with E-state index in [2.05, 4.69) is 11.4 Å². The monoisotopic (exact) mass is 279 g/mol. The fourth-order valence-electron chi connectivity index (χ4n) is 2.72. The first-order chi connectivity index (χ1) is 9.78. The molecular weight excluding hydrogens is 254 g/mol. The molecule has 1 aliphatic heterocycles. The minimum Gasteiger partial charge on any atom is -0.496 e. The maximum Gasteiger partial charge on any atom is 0.164 e. The first kappa shape index (κ1) is 15.0. The van der Waals surface area contributed by atoms with Gasteiger partial charge in [-0.25, -0.2) is 0 Å². The molecular formula is C16H25NO3. The molecule has 0 amide bonds. The number of hydrogen-bond acceptors (Lipinski definition) is 4. The number of benzene rings is 1. The van der Waals surface area contributed by atoms with Gasteiger partial charge in [-0.2, -0.15) is 0 Å². The van der Waals surface area contributed by atoms with Gasteiger partial charge >= 0.3 is 0 Å². The van der Waals surface area contributed by atoms with Crippen LogP contribution in [0.15, 0.2) is 12.1 Å². The Morgan fingerprint density at radius 2 is 1.90 bits per heavy atom. The molecule has 0 bridgehead atoms. The molecule has 0 aliphatic carbocycles. The van der Waals surface area contributed by atoms with Gasteiger partial charge in [-0.05, 0) is 44.4 Å². The largest absolute Gasteiger partial charge is 0.496 e. The van der Waals surface area contributed by atoms with Crippen molar-refractivity contribution in [3.8, 4) is 17.2 Å². The highest BCUT2D eigenvalue weighted by molar-refractivity contribution is 5.51. The molecule has 1 atom stereocenters. The quantitative estimate of drug-likeness (QED) is 0.869. The molecule has 4 heteroatoms. The zero-order chi connectivity index (χ0) is 14.4. The molecule has 0 radical (unpaired) electrons. The Kier molecular flexibility index (Phi) is 5.53. The number of ether oxygens (including phenoxy) is 3. The molecule has 1 aliphatic rings. The summed E-state index contributed by atoms with van der Waals surface area (Å²) in [6.07, 6.45) is 4.77. The summed E-state index contributed by atoms with van der Waals surface area (Å²) < 4.78 is 16.5. The lowest BCUT2D eigenvalue weighted by molar-refractivity contribution is 0.307. The molecule has 1 aromatic carbocycles. The van der Waals surface area contributed by atoms with Gasteiger partial charge in [0.25, 0.3) is 0 Å². The fourth-order valence-corrected chi connectivity index (χ4v) is 2.72. The van der Waals surface area contributed by atoms with Crippen LogP contribution in [0.3, 0.4) is 0 Å². The summed E-state index contributed by atoms with van der Waals surface area (Å²) in [5.74, 6) is 2.39. The van der Waals surface area contributed by atoms with Gasteiger partial charge in [0.05, 0.1) is 20.8 Å². The van der Waals surface area contributed by atoms with Crippen molar-refractivity contribution in [3.63, 3.8) is 0 Å². The predicted octanol–water partition coefficient (Wildman–Crippen LogP) is 2.79. The van der Waals surface area contributed by atoms with E-state index in [1.807, 2.05) is 13.0 Å². The predicted molar refractivity (Wildman–Crippen MR) is 80.1 cm³/mol. The van der Waals surface area contributed by atoms with Crippen LogP contribution in [-0.2, 0) is 6.42 Å². The Labute approximate surface area is 121 Å². The molecule has 1 aromatic rings. The van der Waals surface area contributed by atoms with Crippen LogP contribution in [0.5, 0.6) is 17.2 Å². The van der Waals surface area contributed by atoms with E-state index in [4.69, 9.17) is 14.2 Å². The molecule has 20 heavy (non-hydrogen) atoms. The Balaban J connectivity index is 2.22. The summed E-state index contributed by atoms with van der Waals surface area (Å²) in [5.41, 5.74) is 1.18. The van der Waals surface area contributed by atoms with E-state index in [0.717, 1.165) is 30.2 Å². The topological polar surface area (TPSA) is 39.7 Å². The van der Waals surface area contributed by atoms with Gasteiger partial charge in [-0.15, -0.1) is 0 Å². The number of piperidine rings is 1. The molecule has 1 heterocycles. The van der Waals surface area contributed by atoms with Gasteiger partial charge in [0.15, 0.2) is 11.5 Å². The third kappa shape index (κ3) is 3.57. The van der Waals surface area contributed by atoms with E-state index >= 15 is 0 Å². The second kappa shape index (κ2) is 7.39. The second-order valence-electron chi connectivity index (χ2n) is 5.10. The summed E-state index contributed by atoms with van der Waals surface area (Å²) >= 11 is 0. The van der Waals surface area contributed by atoms with Crippen molar-refractivity contribution in [2.45, 2.75) is 38.6 Å². The Morgan fingerprint density at radius 1 is 1.10 bits per heavy atom. The first-order valence-electron chi connectivity index (χ1n) is 7.39. The summed E-state index contributed by atoms with van der Waals surface area (Å²) in [7, 11) is 3.35. The maximum atomic E-state index is 5.66. The van der Waals surface area contributed by atoms with Gasteiger partial charge in [0.2, 0.25) is 0 Å². The summed E-state index contributed by atoms with van der Waals surface area (Å²) in [6.45, 7) is 3.72. The highest BCUT2D eigenvalue weighted by Gasteiger charge is 2.18. The molecule has 112 valence electrons. The highest BCUT2D eigenvalue weighted by Crippen LogP contribution is 2.35. The van der Waals surface area contributed by atoms with Gasteiger partial charge in [0, 0.05) is 12.1 Å². The molecule has 1 fully saturated rings. The SMILES string of the molecule is CCOc1cc(CC2CCCCN2)c(OC)cc1OC. The van der Waals surface area contributed by atoms with E-state index in [1.165, 1.54) is 24.8 Å².